The molecule has 1 aromatic rings. The van der Waals surface area contributed by atoms with Gasteiger partial charge in [-0.05, 0) is 24.9 Å². The fourth-order valence-corrected chi connectivity index (χ4v) is 4.20. The molecule has 17 heavy (non-hydrogen) atoms. The molecule has 1 aromatic heterocycles. The van der Waals surface area contributed by atoms with Crippen molar-refractivity contribution in [3.05, 3.63) is 15.8 Å². The van der Waals surface area contributed by atoms with Crippen molar-refractivity contribution in [1.29, 1.82) is 0 Å². The molecular formula is C9H14F2N2O2S2. The maximum Gasteiger partial charge on any atom is 0.251 e. The highest BCUT2D eigenvalue weighted by Gasteiger charge is 2.23. The van der Waals surface area contributed by atoms with Crippen LogP contribution in [0.5, 0.6) is 0 Å². The lowest BCUT2D eigenvalue weighted by atomic mass is 10.3. The third kappa shape index (κ3) is 3.70. The van der Waals surface area contributed by atoms with Crippen LogP contribution in [0.15, 0.2) is 10.3 Å². The number of alkyl halides is 2. The zero-order valence-electron chi connectivity index (χ0n) is 9.46. The fourth-order valence-electron chi connectivity index (χ4n) is 1.38. The Balaban J connectivity index is 3.01. The molecule has 0 aliphatic rings. The van der Waals surface area contributed by atoms with Gasteiger partial charge in [0, 0.05) is 11.4 Å². The minimum Gasteiger partial charge on any atom is -0.315 e. The first kappa shape index (κ1) is 14.5. The summed E-state index contributed by atoms with van der Waals surface area (Å²) in [5, 5.41) is 4.54. The number of rotatable bonds is 6. The number of sulfonamides is 1. The Morgan fingerprint density at radius 3 is 2.65 bits per heavy atom. The van der Waals surface area contributed by atoms with E-state index >= 15 is 0 Å². The van der Waals surface area contributed by atoms with Gasteiger partial charge in [0.25, 0.3) is 6.43 Å². The summed E-state index contributed by atoms with van der Waals surface area (Å²) in [6, 6.07) is 0. The van der Waals surface area contributed by atoms with Gasteiger partial charge in [0.2, 0.25) is 10.0 Å². The number of thiophene rings is 1. The van der Waals surface area contributed by atoms with E-state index in [1.807, 2.05) is 4.72 Å². The van der Waals surface area contributed by atoms with Gasteiger partial charge in [0.1, 0.15) is 4.90 Å². The molecule has 4 nitrogen and oxygen atoms in total. The molecule has 2 N–H and O–H groups in total. The van der Waals surface area contributed by atoms with Gasteiger partial charge >= 0.3 is 0 Å². The normalized spacial score (nSPS) is 12.3. The van der Waals surface area contributed by atoms with E-state index in [0.717, 1.165) is 0 Å². The number of hydrogen-bond acceptors (Lipinski definition) is 4. The van der Waals surface area contributed by atoms with E-state index < -0.39 is 23.0 Å². The molecule has 8 heteroatoms. The van der Waals surface area contributed by atoms with Gasteiger partial charge in [-0.2, -0.15) is 0 Å². The van der Waals surface area contributed by atoms with Crippen molar-refractivity contribution in [3.8, 4) is 0 Å². The van der Waals surface area contributed by atoms with Gasteiger partial charge in [-0.3, -0.25) is 0 Å². The topological polar surface area (TPSA) is 58.2 Å². The molecule has 98 valence electrons. The average Bonchev–Trinajstić information content (AvgIpc) is 2.58. The third-order valence-electron chi connectivity index (χ3n) is 2.02. The predicted molar refractivity (Wildman–Crippen MR) is 63.0 cm³/mol. The molecule has 0 bridgehead atoms. The number of nitrogens with one attached hydrogen (secondary N) is 2. The van der Waals surface area contributed by atoms with E-state index in [1.54, 1.807) is 19.4 Å². The van der Waals surface area contributed by atoms with Crippen molar-refractivity contribution in [2.45, 2.75) is 24.8 Å². The fraction of sp³-hybridized carbons (Fsp3) is 0.556. The smallest absolute Gasteiger partial charge is 0.251 e. The molecule has 0 fully saturated rings. The molecule has 0 spiro atoms. The molecule has 0 aliphatic carbocycles. The van der Waals surface area contributed by atoms with Crippen LogP contribution in [0.2, 0.25) is 0 Å². The average molecular weight is 284 g/mol. The number of aryl methyl sites for hydroxylation is 1. The zero-order chi connectivity index (χ0) is 13.1. The summed E-state index contributed by atoms with van der Waals surface area (Å²) in [5.41, 5.74) is 0.571. The monoisotopic (exact) mass is 284 g/mol. The van der Waals surface area contributed by atoms with Crippen LogP contribution >= 0.6 is 11.3 Å². The van der Waals surface area contributed by atoms with Crippen molar-refractivity contribution < 1.29 is 17.2 Å². The highest BCUT2D eigenvalue weighted by molar-refractivity contribution is 7.89. The Kier molecular flexibility index (Phi) is 4.99. The molecule has 0 amide bonds. The Morgan fingerprint density at radius 2 is 2.12 bits per heavy atom. The van der Waals surface area contributed by atoms with Crippen molar-refractivity contribution in [1.82, 2.24) is 10.0 Å². The molecule has 1 heterocycles. The second-order valence-electron chi connectivity index (χ2n) is 3.44. The molecule has 0 unspecified atom stereocenters. The Morgan fingerprint density at radius 1 is 1.47 bits per heavy atom. The maximum atomic E-state index is 12.0. The van der Waals surface area contributed by atoms with E-state index in [4.69, 9.17) is 0 Å². The maximum absolute atomic E-state index is 12.0. The minimum absolute atomic E-state index is 0.109. The Bertz CT molecular complexity index is 471. The standard InChI is InChI=1S/C9H14F2N2O2S2/c1-6-5-16-7(3-12-2)9(6)17(14,15)13-4-8(10)11/h5,8,12-13H,3-4H2,1-2H3. The van der Waals surface area contributed by atoms with Crippen LogP contribution in [0.25, 0.3) is 0 Å². The van der Waals surface area contributed by atoms with Gasteiger partial charge in [-0.25, -0.2) is 21.9 Å². The summed E-state index contributed by atoms with van der Waals surface area (Å²) in [6.07, 6.45) is -2.70. The summed E-state index contributed by atoms with van der Waals surface area (Å²) >= 11 is 1.29. The first-order chi connectivity index (χ1) is 7.88. The van der Waals surface area contributed by atoms with Crippen LogP contribution < -0.4 is 10.0 Å². The van der Waals surface area contributed by atoms with Crippen molar-refractivity contribution in [2.75, 3.05) is 13.6 Å². The predicted octanol–water partition coefficient (Wildman–Crippen LogP) is 1.32. The van der Waals surface area contributed by atoms with E-state index in [1.165, 1.54) is 11.3 Å². The van der Waals surface area contributed by atoms with Crippen LogP contribution in [0.1, 0.15) is 10.4 Å². The molecule has 1 rings (SSSR count). The molecule has 0 saturated heterocycles. The van der Waals surface area contributed by atoms with Gasteiger partial charge in [-0.15, -0.1) is 11.3 Å². The van der Waals surface area contributed by atoms with Gasteiger partial charge in [0.15, 0.2) is 0 Å². The van der Waals surface area contributed by atoms with Crippen LogP contribution in [0.3, 0.4) is 0 Å². The molecular weight excluding hydrogens is 270 g/mol. The quantitative estimate of drug-likeness (QED) is 0.828. The Hall–Kier alpha value is -0.570. The summed E-state index contributed by atoms with van der Waals surface area (Å²) in [7, 11) is -2.16. The van der Waals surface area contributed by atoms with Gasteiger partial charge in [0.05, 0.1) is 6.54 Å². The summed E-state index contributed by atoms with van der Waals surface area (Å²) in [5.74, 6) is 0. The number of hydrogen-bond donors (Lipinski definition) is 2. The lowest BCUT2D eigenvalue weighted by Crippen LogP contribution is -2.29. The van der Waals surface area contributed by atoms with E-state index in [0.29, 0.717) is 17.0 Å². The molecule has 0 atom stereocenters. The highest BCUT2D eigenvalue weighted by atomic mass is 32.2. The zero-order valence-corrected chi connectivity index (χ0v) is 11.1. The van der Waals surface area contributed by atoms with Crippen molar-refractivity contribution in [2.24, 2.45) is 0 Å². The van der Waals surface area contributed by atoms with Crippen molar-refractivity contribution in [3.63, 3.8) is 0 Å². The first-order valence-corrected chi connectivity index (χ1v) is 7.24. The van der Waals surface area contributed by atoms with E-state index in [-0.39, 0.29) is 4.90 Å². The summed E-state index contributed by atoms with van der Waals surface area (Å²) < 4.78 is 49.6. The third-order valence-corrected chi connectivity index (χ3v) is 4.91. The molecule has 0 radical (unpaired) electrons. The highest BCUT2D eigenvalue weighted by Crippen LogP contribution is 2.26. The van der Waals surface area contributed by atoms with Gasteiger partial charge in [-0.1, -0.05) is 0 Å². The van der Waals surface area contributed by atoms with Crippen LogP contribution in [-0.4, -0.2) is 28.4 Å². The SMILES string of the molecule is CNCc1scc(C)c1S(=O)(=O)NCC(F)F. The number of halogens is 2. The molecule has 0 aliphatic heterocycles. The minimum atomic E-state index is -3.86. The Labute approximate surface area is 103 Å². The first-order valence-electron chi connectivity index (χ1n) is 4.88. The molecule has 0 saturated carbocycles. The second kappa shape index (κ2) is 5.85. The summed E-state index contributed by atoms with van der Waals surface area (Å²) in [4.78, 5) is 0.726. The van der Waals surface area contributed by atoms with Crippen LogP contribution in [-0.2, 0) is 16.6 Å². The van der Waals surface area contributed by atoms with E-state index in [9.17, 15) is 17.2 Å². The van der Waals surface area contributed by atoms with Crippen molar-refractivity contribution >= 4 is 21.4 Å². The summed E-state index contributed by atoms with van der Waals surface area (Å²) in [6.45, 7) is 1.17. The van der Waals surface area contributed by atoms with E-state index in [2.05, 4.69) is 5.32 Å². The van der Waals surface area contributed by atoms with Gasteiger partial charge < -0.3 is 5.32 Å². The second-order valence-corrected chi connectivity index (χ2v) is 6.11. The lowest BCUT2D eigenvalue weighted by Gasteiger charge is -2.08. The molecule has 0 aromatic carbocycles. The van der Waals surface area contributed by atoms with Crippen LogP contribution in [0.4, 0.5) is 8.78 Å². The van der Waals surface area contributed by atoms with Crippen LogP contribution in [0, 0.1) is 6.92 Å². The largest absolute Gasteiger partial charge is 0.315 e. The lowest BCUT2D eigenvalue weighted by molar-refractivity contribution is 0.153.